The third-order valence-corrected chi connectivity index (χ3v) is 3.05. The van der Waals surface area contributed by atoms with E-state index in [9.17, 15) is 5.11 Å². The van der Waals surface area contributed by atoms with Crippen LogP contribution in [0.25, 0.3) is 10.8 Å². The van der Waals surface area contributed by atoms with Gasteiger partial charge in [0.1, 0.15) is 0 Å². The molecule has 0 saturated heterocycles. The van der Waals surface area contributed by atoms with Crippen molar-refractivity contribution in [2.75, 3.05) is 0 Å². The molecule has 2 rings (SSSR count). The zero-order chi connectivity index (χ0) is 11.7. The SMILES string of the molecule is Cc1ccc([C@H](N)[C@@H](C)O)c2ccccc12. The molecule has 0 radical (unpaired) electrons. The molecule has 3 N–H and O–H groups in total. The fourth-order valence-electron chi connectivity index (χ4n) is 2.02. The van der Waals surface area contributed by atoms with Gasteiger partial charge in [-0.3, -0.25) is 0 Å². The van der Waals surface area contributed by atoms with Crippen LogP contribution < -0.4 is 5.73 Å². The fraction of sp³-hybridized carbons (Fsp3) is 0.286. The second-order valence-corrected chi connectivity index (χ2v) is 4.28. The molecule has 0 aliphatic carbocycles. The lowest BCUT2D eigenvalue weighted by molar-refractivity contribution is 0.165. The summed E-state index contributed by atoms with van der Waals surface area (Å²) >= 11 is 0. The third-order valence-electron chi connectivity index (χ3n) is 3.05. The van der Waals surface area contributed by atoms with E-state index in [2.05, 4.69) is 25.1 Å². The number of hydrogen-bond acceptors (Lipinski definition) is 2. The highest BCUT2D eigenvalue weighted by atomic mass is 16.3. The molecule has 0 unspecified atom stereocenters. The first kappa shape index (κ1) is 11.1. The van der Waals surface area contributed by atoms with E-state index >= 15 is 0 Å². The highest BCUT2D eigenvalue weighted by Crippen LogP contribution is 2.27. The Morgan fingerprint density at radius 1 is 1.06 bits per heavy atom. The van der Waals surface area contributed by atoms with Crippen molar-refractivity contribution in [3.05, 3.63) is 47.5 Å². The summed E-state index contributed by atoms with van der Waals surface area (Å²) in [7, 11) is 0. The number of benzene rings is 2. The van der Waals surface area contributed by atoms with Gasteiger partial charge in [0.2, 0.25) is 0 Å². The summed E-state index contributed by atoms with van der Waals surface area (Å²) < 4.78 is 0. The molecule has 0 aliphatic rings. The number of aryl methyl sites for hydroxylation is 1. The van der Waals surface area contributed by atoms with Gasteiger partial charge in [0.25, 0.3) is 0 Å². The lowest BCUT2D eigenvalue weighted by Gasteiger charge is -2.18. The number of rotatable bonds is 2. The van der Waals surface area contributed by atoms with Gasteiger partial charge in [-0.25, -0.2) is 0 Å². The Morgan fingerprint density at radius 2 is 1.69 bits per heavy atom. The van der Waals surface area contributed by atoms with Gasteiger partial charge in [0.15, 0.2) is 0 Å². The second-order valence-electron chi connectivity index (χ2n) is 4.28. The minimum Gasteiger partial charge on any atom is -0.391 e. The van der Waals surface area contributed by atoms with Crippen LogP contribution in [0.15, 0.2) is 36.4 Å². The van der Waals surface area contributed by atoms with Crippen molar-refractivity contribution in [1.82, 2.24) is 0 Å². The Balaban J connectivity index is 2.67. The Kier molecular flexibility index (Phi) is 2.95. The highest BCUT2D eigenvalue weighted by Gasteiger charge is 2.15. The fourth-order valence-corrected chi connectivity index (χ4v) is 2.02. The lowest BCUT2D eigenvalue weighted by Crippen LogP contribution is -2.23. The molecule has 2 aromatic rings. The van der Waals surface area contributed by atoms with Crippen LogP contribution in [0, 0.1) is 6.92 Å². The number of aliphatic hydroxyl groups is 1. The summed E-state index contributed by atoms with van der Waals surface area (Å²) in [5.41, 5.74) is 8.25. The smallest absolute Gasteiger partial charge is 0.0704 e. The van der Waals surface area contributed by atoms with Crippen LogP contribution in [0.4, 0.5) is 0 Å². The van der Waals surface area contributed by atoms with E-state index < -0.39 is 6.10 Å². The molecule has 2 aromatic carbocycles. The lowest BCUT2D eigenvalue weighted by atomic mass is 9.94. The monoisotopic (exact) mass is 215 g/mol. The van der Waals surface area contributed by atoms with Crippen LogP contribution in [0.5, 0.6) is 0 Å². The largest absolute Gasteiger partial charge is 0.391 e. The quantitative estimate of drug-likeness (QED) is 0.808. The van der Waals surface area contributed by atoms with Crippen molar-refractivity contribution >= 4 is 10.8 Å². The molecule has 0 aliphatic heterocycles. The molecule has 0 saturated carbocycles. The van der Waals surface area contributed by atoms with Crippen LogP contribution in [0.3, 0.4) is 0 Å². The van der Waals surface area contributed by atoms with Crippen molar-refractivity contribution < 1.29 is 5.11 Å². The third kappa shape index (κ3) is 1.82. The summed E-state index contributed by atoms with van der Waals surface area (Å²) in [6.45, 7) is 3.80. The molecule has 0 heterocycles. The highest BCUT2D eigenvalue weighted by molar-refractivity contribution is 5.88. The van der Waals surface area contributed by atoms with Crippen molar-refractivity contribution in [1.29, 1.82) is 0 Å². The van der Waals surface area contributed by atoms with E-state index in [-0.39, 0.29) is 6.04 Å². The molecule has 0 bridgehead atoms. The minimum absolute atomic E-state index is 0.328. The summed E-state index contributed by atoms with van der Waals surface area (Å²) in [5, 5.41) is 11.9. The second kappa shape index (κ2) is 4.24. The first-order valence-electron chi connectivity index (χ1n) is 5.53. The molecule has 16 heavy (non-hydrogen) atoms. The van der Waals surface area contributed by atoms with Gasteiger partial charge in [-0.05, 0) is 35.7 Å². The number of nitrogens with two attached hydrogens (primary N) is 1. The summed E-state index contributed by atoms with van der Waals surface area (Å²) in [5.74, 6) is 0. The number of aliphatic hydroxyl groups excluding tert-OH is 1. The maximum atomic E-state index is 9.58. The molecule has 0 fully saturated rings. The van der Waals surface area contributed by atoms with Gasteiger partial charge in [-0.2, -0.15) is 0 Å². The maximum Gasteiger partial charge on any atom is 0.0704 e. The summed E-state index contributed by atoms with van der Waals surface area (Å²) in [6, 6.07) is 11.9. The Morgan fingerprint density at radius 3 is 2.31 bits per heavy atom. The van der Waals surface area contributed by atoms with E-state index in [0.717, 1.165) is 10.9 Å². The van der Waals surface area contributed by atoms with Crippen LogP contribution in [0.1, 0.15) is 24.1 Å². The first-order valence-corrected chi connectivity index (χ1v) is 5.53. The summed E-state index contributed by atoms with van der Waals surface area (Å²) in [6.07, 6.45) is -0.536. The van der Waals surface area contributed by atoms with Crippen molar-refractivity contribution in [3.8, 4) is 0 Å². The standard InChI is InChI=1S/C14H17NO/c1-9-7-8-13(14(15)10(2)16)12-6-4-3-5-11(9)12/h3-8,10,14,16H,15H2,1-2H3/t10-,14-/m1/s1. The molecule has 0 aromatic heterocycles. The zero-order valence-corrected chi connectivity index (χ0v) is 9.64. The molecular weight excluding hydrogens is 198 g/mol. The van der Waals surface area contributed by atoms with Gasteiger partial charge in [0.05, 0.1) is 12.1 Å². The minimum atomic E-state index is -0.536. The van der Waals surface area contributed by atoms with Gasteiger partial charge in [-0.15, -0.1) is 0 Å². The van der Waals surface area contributed by atoms with Gasteiger partial charge in [-0.1, -0.05) is 36.4 Å². The van der Waals surface area contributed by atoms with Gasteiger partial charge >= 0.3 is 0 Å². The van der Waals surface area contributed by atoms with Crippen LogP contribution in [-0.4, -0.2) is 11.2 Å². The normalized spacial score (nSPS) is 15.0. The number of hydrogen-bond donors (Lipinski definition) is 2. The topological polar surface area (TPSA) is 46.2 Å². The maximum absolute atomic E-state index is 9.58. The van der Waals surface area contributed by atoms with Gasteiger partial charge < -0.3 is 10.8 Å². The van der Waals surface area contributed by atoms with E-state index in [1.54, 1.807) is 6.92 Å². The Hall–Kier alpha value is -1.38. The van der Waals surface area contributed by atoms with Gasteiger partial charge in [0, 0.05) is 0 Å². The average molecular weight is 215 g/mol. The van der Waals surface area contributed by atoms with E-state index in [1.165, 1.54) is 10.9 Å². The van der Waals surface area contributed by atoms with E-state index in [0.29, 0.717) is 0 Å². The average Bonchev–Trinajstić information content (AvgIpc) is 2.29. The van der Waals surface area contributed by atoms with E-state index in [4.69, 9.17) is 5.73 Å². The van der Waals surface area contributed by atoms with Crippen LogP contribution >= 0.6 is 0 Å². The first-order chi connectivity index (χ1) is 7.61. The molecule has 2 nitrogen and oxygen atoms in total. The zero-order valence-electron chi connectivity index (χ0n) is 9.64. The number of fused-ring (bicyclic) bond motifs is 1. The van der Waals surface area contributed by atoms with Crippen LogP contribution in [-0.2, 0) is 0 Å². The summed E-state index contributed by atoms with van der Waals surface area (Å²) in [4.78, 5) is 0. The molecule has 2 atom stereocenters. The molecular formula is C14H17NO. The van der Waals surface area contributed by atoms with Crippen LogP contribution in [0.2, 0.25) is 0 Å². The molecule has 2 heteroatoms. The Labute approximate surface area is 95.7 Å². The molecule has 0 spiro atoms. The predicted molar refractivity (Wildman–Crippen MR) is 67.3 cm³/mol. The molecule has 0 amide bonds. The van der Waals surface area contributed by atoms with Crippen molar-refractivity contribution in [2.24, 2.45) is 5.73 Å². The predicted octanol–water partition coefficient (Wildman–Crippen LogP) is 2.53. The Bertz CT molecular complexity index is 505. The van der Waals surface area contributed by atoms with Crippen molar-refractivity contribution in [3.63, 3.8) is 0 Å². The molecule has 84 valence electrons. The van der Waals surface area contributed by atoms with Crippen molar-refractivity contribution in [2.45, 2.75) is 26.0 Å². The van der Waals surface area contributed by atoms with E-state index in [1.807, 2.05) is 18.2 Å².